The Bertz CT molecular complexity index is 559. The number of aromatic hydroxyl groups is 1. The number of carbonyl (C=O) groups excluding carboxylic acids is 1. The predicted octanol–water partition coefficient (Wildman–Crippen LogP) is 2.74. The first-order valence-electron chi connectivity index (χ1n) is 7.04. The number of rotatable bonds is 2. The molecule has 2 atom stereocenters. The number of hydrogen-bond donors (Lipinski definition) is 3. The van der Waals surface area contributed by atoms with E-state index in [0.29, 0.717) is 18.2 Å². The largest absolute Gasteiger partial charge is 0.507 e. The van der Waals surface area contributed by atoms with Gasteiger partial charge in [-0.2, -0.15) is 0 Å². The molecule has 1 aliphatic rings. The molecule has 1 heterocycles. The number of amides is 2. The molecule has 21 heavy (non-hydrogen) atoms. The maximum atomic E-state index is 12.3. The molecule has 1 aromatic carbocycles. The molecule has 2 rings (SSSR count). The summed E-state index contributed by atoms with van der Waals surface area (Å²) in [6, 6.07) is 3.93. The van der Waals surface area contributed by atoms with Gasteiger partial charge < -0.3 is 20.4 Å². The van der Waals surface area contributed by atoms with Gasteiger partial charge in [-0.05, 0) is 37.8 Å². The van der Waals surface area contributed by atoms with Crippen LogP contribution in [0, 0.1) is 5.92 Å². The summed E-state index contributed by atoms with van der Waals surface area (Å²) < 4.78 is 0. The molecule has 6 nitrogen and oxygen atoms in total. The number of carboxylic acids is 1. The molecule has 1 aliphatic heterocycles. The van der Waals surface area contributed by atoms with Gasteiger partial charge in [0.25, 0.3) is 0 Å². The summed E-state index contributed by atoms with van der Waals surface area (Å²) in [5.41, 5.74) is 0.195. The number of aromatic carboxylic acids is 1. The van der Waals surface area contributed by atoms with Gasteiger partial charge in [-0.15, -0.1) is 0 Å². The second kappa shape index (κ2) is 6.03. The van der Waals surface area contributed by atoms with Crippen LogP contribution in [0.15, 0.2) is 18.2 Å². The Morgan fingerprint density at radius 1 is 1.33 bits per heavy atom. The Morgan fingerprint density at radius 2 is 2.05 bits per heavy atom. The highest BCUT2D eigenvalue weighted by atomic mass is 16.4. The molecule has 0 aliphatic carbocycles. The van der Waals surface area contributed by atoms with Crippen molar-refractivity contribution in [2.45, 2.75) is 32.7 Å². The van der Waals surface area contributed by atoms with Crippen LogP contribution in [-0.4, -0.2) is 39.7 Å². The number of urea groups is 1. The van der Waals surface area contributed by atoms with Crippen LogP contribution in [0.25, 0.3) is 0 Å². The Morgan fingerprint density at radius 3 is 2.67 bits per heavy atom. The Hall–Kier alpha value is -2.24. The van der Waals surface area contributed by atoms with E-state index < -0.39 is 5.97 Å². The van der Waals surface area contributed by atoms with Crippen molar-refractivity contribution in [3.63, 3.8) is 0 Å². The summed E-state index contributed by atoms with van der Waals surface area (Å²) in [5, 5.41) is 21.2. The zero-order valence-corrected chi connectivity index (χ0v) is 12.2. The Balaban J connectivity index is 2.09. The van der Waals surface area contributed by atoms with E-state index in [1.807, 2.05) is 6.92 Å². The van der Waals surface area contributed by atoms with E-state index in [4.69, 9.17) is 5.11 Å². The third-order valence-electron chi connectivity index (χ3n) is 4.11. The van der Waals surface area contributed by atoms with Crippen LogP contribution in [0.1, 0.15) is 37.0 Å². The van der Waals surface area contributed by atoms with Gasteiger partial charge in [0.05, 0.1) is 0 Å². The van der Waals surface area contributed by atoms with Crippen LogP contribution >= 0.6 is 0 Å². The number of benzene rings is 1. The molecule has 114 valence electrons. The number of piperidine rings is 1. The maximum absolute atomic E-state index is 12.3. The molecule has 1 fully saturated rings. The molecule has 0 radical (unpaired) electrons. The van der Waals surface area contributed by atoms with Gasteiger partial charge in [-0.3, -0.25) is 0 Å². The van der Waals surface area contributed by atoms with Crippen LogP contribution in [0.5, 0.6) is 5.75 Å². The number of anilines is 1. The SMILES string of the molecule is CC1CCCN(C(=O)Nc2ccc(C(=O)O)c(O)c2)C1C. The van der Waals surface area contributed by atoms with E-state index in [0.717, 1.165) is 12.8 Å². The third kappa shape index (κ3) is 3.26. The number of phenols is 1. The van der Waals surface area contributed by atoms with Crippen molar-refractivity contribution in [3.05, 3.63) is 23.8 Å². The van der Waals surface area contributed by atoms with Crippen molar-refractivity contribution >= 4 is 17.7 Å². The van der Waals surface area contributed by atoms with Crippen LogP contribution < -0.4 is 5.32 Å². The van der Waals surface area contributed by atoms with Crippen LogP contribution in [0.2, 0.25) is 0 Å². The second-order valence-electron chi connectivity index (χ2n) is 5.52. The molecule has 3 N–H and O–H groups in total. The molecular formula is C15H20N2O4. The number of carbonyl (C=O) groups is 2. The molecule has 1 aromatic rings. The number of likely N-dealkylation sites (tertiary alicyclic amines) is 1. The van der Waals surface area contributed by atoms with Crippen molar-refractivity contribution in [1.82, 2.24) is 4.90 Å². The first-order valence-corrected chi connectivity index (χ1v) is 7.04. The summed E-state index contributed by atoms with van der Waals surface area (Å²) in [4.78, 5) is 24.9. The van der Waals surface area contributed by atoms with Crippen molar-refractivity contribution in [2.75, 3.05) is 11.9 Å². The first-order chi connectivity index (χ1) is 9.90. The monoisotopic (exact) mass is 292 g/mol. The quantitative estimate of drug-likeness (QED) is 0.781. The van der Waals surface area contributed by atoms with Crippen LogP contribution in [0.3, 0.4) is 0 Å². The standard InChI is InChI=1S/C15H20N2O4/c1-9-4-3-7-17(10(9)2)15(21)16-11-5-6-12(14(19)20)13(18)8-11/h5-6,8-10,18H,3-4,7H2,1-2H3,(H,16,21)(H,19,20). The van der Waals surface area contributed by atoms with E-state index in [-0.39, 0.29) is 23.4 Å². The highest BCUT2D eigenvalue weighted by Crippen LogP contribution is 2.25. The highest BCUT2D eigenvalue weighted by molar-refractivity contribution is 5.94. The fourth-order valence-electron chi connectivity index (χ4n) is 2.61. The fraction of sp³-hybridized carbons (Fsp3) is 0.467. The summed E-state index contributed by atoms with van der Waals surface area (Å²) in [7, 11) is 0. The smallest absolute Gasteiger partial charge is 0.339 e. The summed E-state index contributed by atoms with van der Waals surface area (Å²) in [6.45, 7) is 4.85. The summed E-state index contributed by atoms with van der Waals surface area (Å²) >= 11 is 0. The highest BCUT2D eigenvalue weighted by Gasteiger charge is 2.28. The van der Waals surface area contributed by atoms with Crippen molar-refractivity contribution in [3.8, 4) is 5.75 Å². The van der Waals surface area contributed by atoms with E-state index in [1.165, 1.54) is 18.2 Å². The molecule has 2 unspecified atom stereocenters. The van der Waals surface area contributed by atoms with Gasteiger partial charge in [0, 0.05) is 24.3 Å². The second-order valence-corrected chi connectivity index (χ2v) is 5.52. The van der Waals surface area contributed by atoms with Gasteiger partial charge >= 0.3 is 12.0 Å². The molecule has 0 spiro atoms. The van der Waals surface area contributed by atoms with Gasteiger partial charge in [0.1, 0.15) is 11.3 Å². The maximum Gasteiger partial charge on any atom is 0.339 e. The van der Waals surface area contributed by atoms with E-state index in [2.05, 4.69) is 12.2 Å². The van der Waals surface area contributed by atoms with Crippen molar-refractivity contribution < 1.29 is 19.8 Å². The Kier molecular flexibility index (Phi) is 4.35. The van der Waals surface area contributed by atoms with Crippen molar-refractivity contribution in [2.24, 2.45) is 5.92 Å². The fourth-order valence-corrected chi connectivity index (χ4v) is 2.61. The molecule has 0 saturated carbocycles. The van der Waals surface area contributed by atoms with E-state index >= 15 is 0 Å². The number of nitrogens with one attached hydrogen (secondary N) is 1. The minimum absolute atomic E-state index is 0.158. The minimum Gasteiger partial charge on any atom is -0.507 e. The van der Waals surface area contributed by atoms with E-state index in [9.17, 15) is 14.7 Å². The van der Waals surface area contributed by atoms with Crippen LogP contribution in [-0.2, 0) is 0 Å². The van der Waals surface area contributed by atoms with Gasteiger partial charge in [0.2, 0.25) is 0 Å². The molecular weight excluding hydrogens is 272 g/mol. The average molecular weight is 292 g/mol. The minimum atomic E-state index is -1.20. The zero-order chi connectivity index (χ0) is 15.6. The van der Waals surface area contributed by atoms with Crippen molar-refractivity contribution in [1.29, 1.82) is 0 Å². The Labute approximate surface area is 123 Å². The van der Waals surface area contributed by atoms with Crippen LogP contribution in [0.4, 0.5) is 10.5 Å². The predicted molar refractivity (Wildman–Crippen MR) is 78.7 cm³/mol. The lowest BCUT2D eigenvalue weighted by Gasteiger charge is -2.37. The first kappa shape index (κ1) is 15.2. The summed E-state index contributed by atoms with van der Waals surface area (Å²) in [5.74, 6) is -1.11. The average Bonchev–Trinajstić information content (AvgIpc) is 2.41. The summed E-state index contributed by atoms with van der Waals surface area (Å²) in [6.07, 6.45) is 2.08. The topological polar surface area (TPSA) is 89.9 Å². The van der Waals surface area contributed by atoms with Gasteiger partial charge in [0.15, 0.2) is 0 Å². The number of hydrogen-bond acceptors (Lipinski definition) is 3. The normalized spacial score (nSPS) is 21.9. The molecule has 1 saturated heterocycles. The molecule has 0 bridgehead atoms. The number of nitrogens with zero attached hydrogens (tertiary/aromatic N) is 1. The van der Waals surface area contributed by atoms with Gasteiger partial charge in [-0.25, -0.2) is 9.59 Å². The lowest BCUT2D eigenvalue weighted by Crippen LogP contribution is -2.47. The lowest BCUT2D eigenvalue weighted by atomic mass is 9.92. The molecule has 2 amide bonds. The zero-order valence-electron chi connectivity index (χ0n) is 12.2. The lowest BCUT2D eigenvalue weighted by molar-refractivity contribution is 0.0694. The molecule has 6 heteroatoms. The third-order valence-corrected chi connectivity index (χ3v) is 4.11. The molecule has 0 aromatic heterocycles. The van der Waals surface area contributed by atoms with E-state index in [1.54, 1.807) is 4.90 Å². The number of carboxylic acid groups (broad SMARTS) is 1. The van der Waals surface area contributed by atoms with Gasteiger partial charge in [-0.1, -0.05) is 6.92 Å².